The molecule has 19 heavy (non-hydrogen) atoms. The van der Waals surface area contributed by atoms with E-state index in [1.165, 1.54) is 18.2 Å². The molecule has 0 radical (unpaired) electrons. The van der Waals surface area contributed by atoms with Gasteiger partial charge in [-0.25, -0.2) is 0 Å². The Balaban J connectivity index is 2.67. The predicted molar refractivity (Wildman–Crippen MR) is 66.2 cm³/mol. The summed E-state index contributed by atoms with van der Waals surface area (Å²) < 4.78 is 39.1. The fourth-order valence-electron chi connectivity index (χ4n) is 1.79. The number of rotatable bonds is 1. The van der Waals surface area contributed by atoms with Gasteiger partial charge in [-0.15, -0.1) is 0 Å². The lowest BCUT2D eigenvalue weighted by atomic mass is 10.2. The highest BCUT2D eigenvalue weighted by atomic mass is 19.4. The van der Waals surface area contributed by atoms with E-state index >= 15 is 0 Å². The van der Waals surface area contributed by atoms with Crippen molar-refractivity contribution in [1.29, 1.82) is 0 Å². The molecule has 0 saturated heterocycles. The third-order valence-corrected chi connectivity index (χ3v) is 2.74. The quantitative estimate of drug-likeness (QED) is 0.864. The molecule has 0 unspecified atom stereocenters. The molecule has 2 rings (SSSR count). The number of nitrogens with zero attached hydrogens (tertiary/aromatic N) is 1. The summed E-state index contributed by atoms with van der Waals surface area (Å²) in [6, 6.07) is 7.58. The van der Waals surface area contributed by atoms with E-state index in [2.05, 4.69) is 0 Å². The maximum absolute atomic E-state index is 12.7. The van der Waals surface area contributed by atoms with E-state index in [0.717, 1.165) is 16.7 Å². The van der Waals surface area contributed by atoms with Gasteiger partial charge in [-0.3, -0.25) is 9.36 Å². The fraction of sp³-hybridized carbons (Fsp3) is 0.154. The maximum Gasteiger partial charge on any atom is 0.416 e. The van der Waals surface area contributed by atoms with Crippen molar-refractivity contribution in [2.75, 3.05) is 5.73 Å². The van der Waals surface area contributed by atoms with Crippen LogP contribution in [0, 0.1) is 6.92 Å². The summed E-state index contributed by atoms with van der Waals surface area (Å²) in [6.45, 7) is 1.63. The van der Waals surface area contributed by atoms with E-state index in [-0.39, 0.29) is 11.4 Å². The van der Waals surface area contributed by atoms with Crippen LogP contribution in [0.1, 0.15) is 11.3 Å². The number of benzene rings is 1. The third-order valence-electron chi connectivity index (χ3n) is 2.74. The monoisotopic (exact) mass is 268 g/mol. The van der Waals surface area contributed by atoms with Gasteiger partial charge in [0.2, 0.25) is 0 Å². The lowest BCUT2D eigenvalue weighted by molar-refractivity contribution is -0.137. The molecule has 2 aromatic rings. The molecular weight excluding hydrogens is 257 g/mol. The van der Waals surface area contributed by atoms with Gasteiger partial charge in [-0.2, -0.15) is 13.2 Å². The topological polar surface area (TPSA) is 48.0 Å². The number of aryl methyl sites for hydroxylation is 1. The summed E-state index contributed by atoms with van der Waals surface area (Å²) in [5.74, 6) is 0. The van der Waals surface area contributed by atoms with Crippen LogP contribution < -0.4 is 11.3 Å². The number of anilines is 1. The smallest absolute Gasteiger partial charge is 0.394 e. The van der Waals surface area contributed by atoms with Crippen molar-refractivity contribution in [3.8, 4) is 5.69 Å². The standard InChI is InChI=1S/C13H11F3N2O/c1-8-5-6-11(17)12(19)18(8)10-4-2-3-9(7-10)13(14,15)16/h2-7H,17H2,1H3. The van der Waals surface area contributed by atoms with Crippen LogP contribution in [-0.4, -0.2) is 4.57 Å². The molecule has 0 atom stereocenters. The molecule has 1 heterocycles. The van der Waals surface area contributed by atoms with Gasteiger partial charge in [0.15, 0.2) is 0 Å². The van der Waals surface area contributed by atoms with Crippen molar-refractivity contribution in [3.63, 3.8) is 0 Å². The highest BCUT2D eigenvalue weighted by Gasteiger charge is 2.30. The third kappa shape index (κ3) is 2.47. The van der Waals surface area contributed by atoms with Gasteiger partial charge in [0.25, 0.3) is 5.56 Å². The number of alkyl halides is 3. The minimum atomic E-state index is -4.45. The number of nitrogens with two attached hydrogens (primary N) is 1. The van der Waals surface area contributed by atoms with E-state index in [0.29, 0.717) is 5.69 Å². The van der Waals surface area contributed by atoms with Crippen molar-refractivity contribution < 1.29 is 13.2 Å². The molecule has 0 aliphatic heterocycles. The first-order valence-corrected chi connectivity index (χ1v) is 5.46. The van der Waals surface area contributed by atoms with Crippen LogP contribution in [0.2, 0.25) is 0 Å². The average molecular weight is 268 g/mol. The zero-order valence-electron chi connectivity index (χ0n) is 10.0. The van der Waals surface area contributed by atoms with Gasteiger partial charge < -0.3 is 5.73 Å². The van der Waals surface area contributed by atoms with Crippen LogP contribution in [0.15, 0.2) is 41.2 Å². The summed E-state index contributed by atoms with van der Waals surface area (Å²) in [5.41, 5.74) is 4.80. The zero-order chi connectivity index (χ0) is 14.2. The van der Waals surface area contributed by atoms with Crippen LogP contribution in [0.3, 0.4) is 0 Å². The Morgan fingerprint density at radius 2 is 1.84 bits per heavy atom. The second-order valence-electron chi connectivity index (χ2n) is 4.12. The summed E-state index contributed by atoms with van der Waals surface area (Å²) >= 11 is 0. The van der Waals surface area contributed by atoms with Crippen molar-refractivity contribution in [2.24, 2.45) is 0 Å². The molecule has 0 spiro atoms. The van der Waals surface area contributed by atoms with E-state index in [1.54, 1.807) is 13.0 Å². The van der Waals surface area contributed by atoms with Gasteiger partial charge in [0.1, 0.15) is 0 Å². The summed E-state index contributed by atoms with van der Waals surface area (Å²) in [7, 11) is 0. The SMILES string of the molecule is Cc1ccc(N)c(=O)n1-c1cccc(C(F)(F)F)c1. The number of nitrogen functional groups attached to an aromatic ring is 1. The number of aromatic nitrogens is 1. The molecule has 1 aromatic heterocycles. The minimum absolute atomic E-state index is 0.0111. The van der Waals surface area contributed by atoms with Crippen molar-refractivity contribution in [2.45, 2.75) is 13.1 Å². The molecular formula is C13H11F3N2O. The summed E-state index contributed by atoms with van der Waals surface area (Å²) in [6.07, 6.45) is -4.45. The Kier molecular flexibility index (Phi) is 3.09. The number of pyridine rings is 1. The lowest BCUT2D eigenvalue weighted by Crippen LogP contribution is -2.23. The zero-order valence-corrected chi connectivity index (χ0v) is 10.0. The molecule has 6 heteroatoms. The summed E-state index contributed by atoms with van der Waals surface area (Å²) in [4.78, 5) is 11.9. The Morgan fingerprint density at radius 3 is 2.47 bits per heavy atom. The lowest BCUT2D eigenvalue weighted by Gasteiger charge is -2.13. The van der Waals surface area contributed by atoms with Crippen LogP contribution >= 0.6 is 0 Å². The van der Waals surface area contributed by atoms with E-state index < -0.39 is 17.3 Å². The highest BCUT2D eigenvalue weighted by Crippen LogP contribution is 2.30. The van der Waals surface area contributed by atoms with E-state index in [4.69, 9.17) is 5.73 Å². The van der Waals surface area contributed by atoms with Gasteiger partial charge in [-0.1, -0.05) is 6.07 Å². The van der Waals surface area contributed by atoms with Gasteiger partial charge >= 0.3 is 6.18 Å². The molecule has 0 fully saturated rings. The molecule has 100 valence electrons. The average Bonchev–Trinajstić information content (AvgIpc) is 2.34. The van der Waals surface area contributed by atoms with Gasteiger partial charge in [-0.05, 0) is 37.3 Å². The summed E-state index contributed by atoms with van der Waals surface area (Å²) in [5, 5.41) is 0. The maximum atomic E-state index is 12.7. The largest absolute Gasteiger partial charge is 0.416 e. The Bertz CT molecular complexity index is 674. The molecule has 2 N–H and O–H groups in total. The van der Waals surface area contributed by atoms with Crippen LogP contribution in [-0.2, 0) is 6.18 Å². The molecule has 0 amide bonds. The Hall–Kier alpha value is -2.24. The predicted octanol–water partition coefficient (Wildman–Crippen LogP) is 2.75. The first kappa shape index (κ1) is 13.2. The fourth-order valence-corrected chi connectivity index (χ4v) is 1.79. The van der Waals surface area contributed by atoms with Gasteiger partial charge in [0, 0.05) is 11.4 Å². The van der Waals surface area contributed by atoms with Crippen LogP contribution in [0.25, 0.3) is 5.69 Å². The molecule has 0 bridgehead atoms. The molecule has 0 aliphatic rings. The molecule has 1 aromatic carbocycles. The highest BCUT2D eigenvalue weighted by molar-refractivity contribution is 5.44. The minimum Gasteiger partial charge on any atom is -0.394 e. The number of halogens is 3. The Morgan fingerprint density at radius 1 is 1.16 bits per heavy atom. The van der Waals surface area contributed by atoms with Crippen molar-refractivity contribution >= 4 is 5.69 Å². The molecule has 0 aliphatic carbocycles. The van der Waals surface area contributed by atoms with Crippen molar-refractivity contribution in [3.05, 3.63) is 58.0 Å². The first-order chi connectivity index (χ1) is 8.80. The van der Waals surface area contributed by atoms with Crippen molar-refractivity contribution in [1.82, 2.24) is 4.57 Å². The molecule has 0 saturated carbocycles. The first-order valence-electron chi connectivity index (χ1n) is 5.46. The van der Waals surface area contributed by atoms with Gasteiger partial charge in [0.05, 0.1) is 11.3 Å². The van der Waals surface area contributed by atoms with E-state index in [9.17, 15) is 18.0 Å². The van der Waals surface area contributed by atoms with Crippen LogP contribution in [0.5, 0.6) is 0 Å². The second-order valence-corrected chi connectivity index (χ2v) is 4.12. The van der Waals surface area contributed by atoms with E-state index in [1.807, 2.05) is 0 Å². The number of hydrogen-bond donors (Lipinski definition) is 1. The Labute approximate surface area is 107 Å². The molecule has 3 nitrogen and oxygen atoms in total. The van der Waals surface area contributed by atoms with Crippen LogP contribution in [0.4, 0.5) is 18.9 Å². The number of hydrogen-bond acceptors (Lipinski definition) is 2. The normalized spacial score (nSPS) is 11.6. The second kappa shape index (κ2) is 4.46.